The summed E-state index contributed by atoms with van der Waals surface area (Å²) in [5.74, 6) is 0.935. The third-order valence-electron chi connectivity index (χ3n) is 4.43. The lowest BCUT2D eigenvalue weighted by Crippen LogP contribution is -2.42. The lowest BCUT2D eigenvalue weighted by atomic mass is 10.1. The number of aromatic nitrogens is 2. The van der Waals surface area contributed by atoms with Crippen molar-refractivity contribution in [1.29, 1.82) is 0 Å². The van der Waals surface area contributed by atoms with E-state index in [0.717, 1.165) is 6.42 Å². The first kappa shape index (κ1) is 15.4. The van der Waals surface area contributed by atoms with Crippen LogP contribution < -0.4 is 15.2 Å². The van der Waals surface area contributed by atoms with Crippen molar-refractivity contribution in [2.24, 2.45) is 0 Å². The summed E-state index contributed by atoms with van der Waals surface area (Å²) in [6, 6.07) is 14.2. The van der Waals surface area contributed by atoms with E-state index in [1.807, 2.05) is 12.1 Å². The molecule has 0 bridgehead atoms. The van der Waals surface area contributed by atoms with Crippen molar-refractivity contribution in [2.75, 3.05) is 18.6 Å². The Bertz CT molecular complexity index is 1010. The van der Waals surface area contributed by atoms with Crippen LogP contribution >= 0.6 is 0 Å². The maximum absolute atomic E-state index is 12.9. The van der Waals surface area contributed by atoms with Crippen LogP contribution in [0.15, 0.2) is 53.3 Å². The topological polar surface area (TPSA) is 64.4 Å². The molecule has 0 radical (unpaired) electrons. The fraction of sp³-hybridized carbons (Fsp3) is 0.211. The van der Waals surface area contributed by atoms with Gasteiger partial charge in [0, 0.05) is 18.7 Å². The number of ether oxygens (including phenoxy) is 1. The van der Waals surface area contributed by atoms with Gasteiger partial charge in [-0.05, 0) is 42.8 Å². The molecule has 0 atom stereocenters. The molecule has 2 aromatic carbocycles. The van der Waals surface area contributed by atoms with Crippen molar-refractivity contribution in [3.05, 3.63) is 64.4 Å². The third-order valence-corrected chi connectivity index (χ3v) is 4.43. The minimum Gasteiger partial charge on any atom is -0.497 e. The predicted molar refractivity (Wildman–Crippen MR) is 95.3 cm³/mol. The number of rotatable bonds is 2. The molecule has 0 unspecified atom stereocenters. The first-order valence-electron chi connectivity index (χ1n) is 8.14. The van der Waals surface area contributed by atoms with Gasteiger partial charge in [0.25, 0.3) is 11.5 Å². The highest BCUT2D eigenvalue weighted by Gasteiger charge is 2.26. The number of fused-ring (bicyclic) bond motifs is 2. The maximum atomic E-state index is 12.9. The molecular weight excluding hydrogens is 318 g/mol. The Morgan fingerprint density at radius 3 is 2.60 bits per heavy atom. The van der Waals surface area contributed by atoms with Gasteiger partial charge in [0.05, 0.1) is 18.0 Å². The molecule has 1 amide bonds. The van der Waals surface area contributed by atoms with Crippen molar-refractivity contribution in [3.63, 3.8) is 0 Å². The van der Waals surface area contributed by atoms with Gasteiger partial charge in [-0.15, -0.1) is 0 Å². The molecule has 0 N–H and O–H groups in total. The molecule has 1 aliphatic rings. The zero-order valence-electron chi connectivity index (χ0n) is 13.8. The van der Waals surface area contributed by atoms with E-state index in [1.54, 1.807) is 53.0 Å². The number of nitrogens with zero attached hydrogens (tertiary/aromatic N) is 3. The molecule has 3 aromatic rings. The van der Waals surface area contributed by atoms with Gasteiger partial charge < -0.3 is 4.74 Å². The zero-order chi connectivity index (χ0) is 17.4. The van der Waals surface area contributed by atoms with Crippen LogP contribution in [0.25, 0.3) is 10.9 Å². The molecule has 0 saturated heterocycles. The van der Waals surface area contributed by atoms with Crippen molar-refractivity contribution < 1.29 is 9.53 Å². The van der Waals surface area contributed by atoms with Crippen LogP contribution in [0.2, 0.25) is 0 Å². The van der Waals surface area contributed by atoms with Crippen molar-refractivity contribution in [3.8, 4) is 5.75 Å². The van der Waals surface area contributed by atoms with Crippen LogP contribution in [0.3, 0.4) is 0 Å². The predicted octanol–water partition coefficient (Wildman–Crippen LogP) is 2.46. The number of carbonyl (C=O) groups excluding carboxylic acids is 1. The molecule has 6 nitrogen and oxygen atoms in total. The van der Waals surface area contributed by atoms with Crippen LogP contribution in [0.5, 0.6) is 5.75 Å². The molecule has 0 spiro atoms. The standard InChI is InChI=1S/C19H17N3O3/c1-25-14-9-7-13(8-10-14)17(23)21-11-4-12-22-18(24)15-5-2-3-6-16(15)20-19(21)22/h2-3,5-10H,4,11-12H2,1H3. The summed E-state index contributed by atoms with van der Waals surface area (Å²) in [6.45, 7) is 1.11. The fourth-order valence-corrected chi connectivity index (χ4v) is 3.13. The van der Waals surface area contributed by atoms with E-state index in [4.69, 9.17) is 4.74 Å². The molecule has 0 saturated carbocycles. The van der Waals surface area contributed by atoms with Gasteiger partial charge in [-0.2, -0.15) is 0 Å². The molecule has 6 heteroatoms. The van der Waals surface area contributed by atoms with Crippen LogP contribution in [-0.4, -0.2) is 29.1 Å². The van der Waals surface area contributed by atoms with Crippen LogP contribution in [0.1, 0.15) is 16.8 Å². The quantitative estimate of drug-likeness (QED) is 0.722. The average molecular weight is 335 g/mol. The molecule has 4 rings (SSSR count). The van der Waals surface area contributed by atoms with Gasteiger partial charge in [0.1, 0.15) is 5.75 Å². The van der Waals surface area contributed by atoms with E-state index in [-0.39, 0.29) is 11.5 Å². The number of benzene rings is 2. The molecular formula is C19H17N3O3. The van der Waals surface area contributed by atoms with Crippen LogP contribution in [0, 0.1) is 0 Å². The molecule has 1 aliphatic heterocycles. The lowest BCUT2D eigenvalue weighted by molar-refractivity contribution is 0.0980. The first-order valence-corrected chi connectivity index (χ1v) is 8.14. The van der Waals surface area contributed by atoms with Gasteiger partial charge in [-0.25, -0.2) is 4.98 Å². The SMILES string of the molecule is COc1ccc(C(=O)N2CCCn3c2nc2ccccc2c3=O)cc1. The second-order valence-corrected chi connectivity index (χ2v) is 5.92. The second-order valence-electron chi connectivity index (χ2n) is 5.92. The summed E-state index contributed by atoms with van der Waals surface area (Å²) in [7, 11) is 1.58. The summed E-state index contributed by atoms with van der Waals surface area (Å²) >= 11 is 0. The minimum absolute atomic E-state index is 0.104. The van der Waals surface area contributed by atoms with Crippen molar-refractivity contribution >= 4 is 22.8 Å². The summed E-state index contributed by atoms with van der Waals surface area (Å²) in [6.07, 6.45) is 0.717. The zero-order valence-corrected chi connectivity index (χ0v) is 13.8. The van der Waals surface area contributed by atoms with E-state index in [0.29, 0.717) is 41.3 Å². The number of methoxy groups -OCH3 is 1. The number of hydrogen-bond acceptors (Lipinski definition) is 4. The van der Waals surface area contributed by atoms with Crippen LogP contribution in [0.4, 0.5) is 5.95 Å². The minimum atomic E-state index is -0.168. The Hall–Kier alpha value is -3.15. The van der Waals surface area contributed by atoms with E-state index in [2.05, 4.69) is 4.98 Å². The summed E-state index contributed by atoms with van der Waals surface area (Å²) in [5, 5.41) is 0.574. The third kappa shape index (κ3) is 2.55. The molecule has 126 valence electrons. The van der Waals surface area contributed by atoms with E-state index in [1.165, 1.54) is 0 Å². The van der Waals surface area contributed by atoms with Crippen LogP contribution in [-0.2, 0) is 6.54 Å². The number of hydrogen-bond donors (Lipinski definition) is 0. The second kappa shape index (κ2) is 6.05. The monoisotopic (exact) mass is 335 g/mol. The smallest absolute Gasteiger partial charge is 0.262 e. The maximum Gasteiger partial charge on any atom is 0.262 e. The highest BCUT2D eigenvalue weighted by molar-refractivity contribution is 6.05. The van der Waals surface area contributed by atoms with E-state index in [9.17, 15) is 9.59 Å². The van der Waals surface area contributed by atoms with E-state index < -0.39 is 0 Å². The molecule has 25 heavy (non-hydrogen) atoms. The van der Waals surface area contributed by atoms with Gasteiger partial charge in [0.15, 0.2) is 0 Å². The normalized spacial score (nSPS) is 13.6. The summed E-state index contributed by atoms with van der Waals surface area (Å²) < 4.78 is 6.72. The van der Waals surface area contributed by atoms with Crippen molar-refractivity contribution in [2.45, 2.75) is 13.0 Å². The Morgan fingerprint density at radius 2 is 1.84 bits per heavy atom. The molecule has 0 aliphatic carbocycles. The van der Waals surface area contributed by atoms with Crippen molar-refractivity contribution in [1.82, 2.24) is 9.55 Å². The van der Waals surface area contributed by atoms with Gasteiger partial charge in [0.2, 0.25) is 5.95 Å². The molecule has 0 fully saturated rings. The largest absolute Gasteiger partial charge is 0.497 e. The molecule has 1 aromatic heterocycles. The van der Waals surface area contributed by atoms with Gasteiger partial charge in [-0.3, -0.25) is 19.1 Å². The number of carbonyl (C=O) groups is 1. The highest BCUT2D eigenvalue weighted by atomic mass is 16.5. The molecule has 2 heterocycles. The highest BCUT2D eigenvalue weighted by Crippen LogP contribution is 2.22. The fourth-order valence-electron chi connectivity index (χ4n) is 3.13. The summed E-state index contributed by atoms with van der Waals surface area (Å²) in [5.41, 5.74) is 1.04. The Balaban J connectivity index is 1.80. The number of anilines is 1. The summed E-state index contributed by atoms with van der Waals surface area (Å²) in [4.78, 5) is 31.8. The average Bonchev–Trinajstić information content (AvgIpc) is 2.67. The Labute approximate surface area is 144 Å². The van der Waals surface area contributed by atoms with E-state index >= 15 is 0 Å². The van der Waals surface area contributed by atoms with Gasteiger partial charge >= 0.3 is 0 Å². The lowest BCUT2D eigenvalue weighted by Gasteiger charge is -2.29. The first-order chi connectivity index (χ1) is 12.2. The number of para-hydroxylation sites is 1. The van der Waals surface area contributed by atoms with Gasteiger partial charge in [-0.1, -0.05) is 12.1 Å². The Kier molecular flexibility index (Phi) is 3.72. The Morgan fingerprint density at radius 1 is 1.08 bits per heavy atom. The number of amides is 1.